The van der Waals surface area contributed by atoms with Crippen LogP contribution in [0.4, 0.5) is 0 Å². The summed E-state index contributed by atoms with van der Waals surface area (Å²) < 4.78 is 1.75. The second kappa shape index (κ2) is 5.64. The maximum atomic E-state index is 4.61. The molecule has 3 rings (SSSR count). The van der Waals surface area contributed by atoms with E-state index in [-0.39, 0.29) is 0 Å². The summed E-state index contributed by atoms with van der Waals surface area (Å²) >= 11 is 4.61. The molecule has 98 valence electrons. The number of thiocarbonyl (C=S) groups is 1. The molecule has 0 radical (unpaired) electrons. The second-order valence-electron chi connectivity index (χ2n) is 4.15. The van der Waals surface area contributed by atoms with Crippen LogP contribution in [0, 0.1) is 0 Å². The third kappa shape index (κ3) is 2.45. The molecule has 0 atom stereocenters. The normalized spacial score (nSPS) is 10.4. The number of hydrogen-bond acceptors (Lipinski definition) is 6. The molecule has 6 nitrogen and oxygen atoms in total. The summed E-state index contributed by atoms with van der Waals surface area (Å²) in [5.74, 6) is 0. The number of nitrogens with zero attached hydrogens (tertiary/aromatic N) is 6. The molecule has 1 aromatic carbocycles. The Morgan fingerprint density at radius 3 is 2.95 bits per heavy atom. The van der Waals surface area contributed by atoms with Crippen LogP contribution in [-0.4, -0.2) is 30.1 Å². The third-order valence-electron chi connectivity index (χ3n) is 2.93. The molecule has 0 unspecified atom stereocenters. The number of isothiocyanates is 1. The van der Waals surface area contributed by atoms with Gasteiger partial charge in [0.2, 0.25) is 0 Å². The van der Waals surface area contributed by atoms with Crippen molar-refractivity contribution in [3.63, 3.8) is 0 Å². The molecule has 0 aliphatic carbocycles. The van der Waals surface area contributed by atoms with E-state index in [1.165, 1.54) is 6.33 Å². The smallest absolute Gasteiger partial charge is 0.181 e. The standard InChI is InChI=1S/C13H10N6S/c20-9-15-5-10-3-1-2-4-11(10)7-19-13-12(17-18-19)6-14-8-16-13/h1-4,6,8H,5,7H2. The van der Waals surface area contributed by atoms with Crippen molar-refractivity contribution in [2.45, 2.75) is 13.1 Å². The van der Waals surface area contributed by atoms with Gasteiger partial charge in [-0.15, -0.1) is 5.10 Å². The van der Waals surface area contributed by atoms with Gasteiger partial charge in [0.1, 0.15) is 6.33 Å². The zero-order chi connectivity index (χ0) is 13.8. The molecule has 2 aromatic heterocycles. The minimum absolute atomic E-state index is 0.515. The Hall–Kier alpha value is -2.50. The lowest BCUT2D eigenvalue weighted by atomic mass is 10.1. The average molecular weight is 282 g/mol. The van der Waals surface area contributed by atoms with Gasteiger partial charge in [0.25, 0.3) is 0 Å². The molecular formula is C13H10N6S. The first kappa shape index (κ1) is 12.5. The first-order valence-corrected chi connectivity index (χ1v) is 6.39. The summed E-state index contributed by atoms with van der Waals surface area (Å²) in [6, 6.07) is 8.00. The van der Waals surface area contributed by atoms with Gasteiger partial charge in [-0.1, -0.05) is 29.5 Å². The highest BCUT2D eigenvalue weighted by Crippen LogP contribution is 2.13. The molecule has 0 saturated carbocycles. The van der Waals surface area contributed by atoms with E-state index in [1.807, 2.05) is 24.3 Å². The van der Waals surface area contributed by atoms with Crippen LogP contribution in [-0.2, 0) is 13.1 Å². The van der Waals surface area contributed by atoms with Crippen LogP contribution in [0.15, 0.2) is 41.8 Å². The molecule has 7 heteroatoms. The predicted molar refractivity (Wildman–Crippen MR) is 77.4 cm³/mol. The number of aliphatic imine (C=N–C) groups is 1. The molecule has 3 aromatic rings. The Morgan fingerprint density at radius 2 is 2.10 bits per heavy atom. The first-order valence-electron chi connectivity index (χ1n) is 5.98. The van der Waals surface area contributed by atoms with E-state index in [9.17, 15) is 0 Å². The quantitative estimate of drug-likeness (QED) is 0.540. The molecule has 0 amide bonds. The monoisotopic (exact) mass is 282 g/mol. The maximum absolute atomic E-state index is 4.61. The van der Waals surface area contributed by atoms with Gasteiger partial charge >= 0.3 is 0 Å². The fourth-order valence-corrected chi connectivity index (χ4v) is 2.05. The Balaban J connectivity index is 1.96. The van der Waals surface area contributed by atoms with Crippen molar-refractivity contribution in [1.29, 1.82) is 0 Å². The van der Waals surface area contributed by atoms with E-state index in [1.54, 1.807) is 10.9 Å². The molecule has 20 heavy (non-hydrogen) atoms. The number of benzene rings is 1. The SMILES string of the molecule is S=C=NCc1ccccc1Cn1nnc2cncnc21. The lowest BCUT2D eigenvalue weighted by molar-refractivity contribution is 0.659. The summed E-state index contributed by atoms with van der Waals surface area (Å²) in [5, 5.41) is 10.5. The van der Waals surface area contributed by atoms with E-state index in [0.717, 1.165) is 11.1 Å². The van der Waals surface area contributed by atoms with E-state index in [4.69, 9.17) is 0 Å². The zero-order valence-electron chi connectivity index (χ0n) is 10.5. The Morgan fingerprint density at radius 1 is 1.25 bits per heavy atom. The van der Waals surface area contributed by atoms with Crippen LogP contribution in [0.1, 0.15) is 11.1 Å². The van der Waals surface area contributed by atoms with Crippen LogP contribution in [0.3, 0.4) is 0 Å². The average Bonchev–Trinajstić information content (AvgIpc) is 2.90. The van der Waals surface area contributed by atoms with Crippen molar-refractivity contribution in [3.8, 4) is 0 Å². The van der Waals surface area contributed by atoms with Gasteiger partial charge in [-0.25, -0.2) is 19.6 Å². The number of hydrogen-bond donors (Lipinski definition) is 0. The first-order chi connectivity index (χ1) is 9.88. The summed E-state index contributed by atoms with van der Waals surface area (Å²) in [6.07, 6.45) is 3.14. The van der Waals surface area contributed by atoms with Crippen LogP contribution >= 0.6 is 12.2 Å². The highest BCUT2D eigenvalue weighted by atomic mass is 32.1. The lowest BCUT2D eigenvalue weighted by Crippen LogP contribution is -2.05. The molecular weight excluding hydrogens is 272 g/mol. The van der Waals surface area contributed by atoms with Gasteiger partial charge in [-0.2, -0.15) is 0 Å². The van der Waals surface area contributed by atoms with Gasteiger partial charge in [0.15, 0.2) is 11.2 Å². The molecule has 0 aliphatic rings. The topological polar surface area (TPSA) is 68.8 Å². The predicted octanol–water partition coefficient (Wildman–Crippen LogP) is 1.87. The summed E-state index contributed by atoms with van der Waals surface area (Å²) in [6.45, 7) is 1.10. The largest absolute Gasteiger partial charge is 0.242 e. The molecule has 0 fully saturated rings. The Labute approximate surface area is 120 Å². The number of aromatic nitrogens is 5. The fourth-order valence-electron chi connectivity index (χ4n) is 1.98. The van der Waals surface area contributed by atoms with Crippen molar-refractivity contribution in [2.24, 2.45) is 4.99 Å². The van der Waals surface area contributed by atoms with Crippen LogP contribution in [0.5, 0.6) is 0 Å². The van der Waals surface area contributed by atoms with Crippen LogP contribution in [0.25, 0.3) is 11.2 Å². The van der Waals surface area contributed by atoms with Crippen molar-refractivity contribution in [2.75, 3.05) is 0 Å². The minimum Gasteiger partial charge on any atom is -0.242 e. The molecule has 0 N–H and O–H groups in total. The molecule has 0 spiro atoms. The van der Waals surface area contributed by atoms with E-state index in [2.05, 4.69) is 42.7 Å². The fraction of sp³-hybridized carbons (Fsp3) is 0.154. The lowest BCUT2D eigenvalue weighted by Gasteiger charge is -2.07. The maximum Gasteiger partial charge on any atom is 0.181 e. The molecule has 2 heterocycles. The minimum atomic E-state index is 0.515. The Kier molecular flexibility index (Phi) is 3.54. The van der Waals surface area contributed by atoms with Gasteiger partial charge in [0.05, 0.1) is 24.4 Å². The van der Waals surface area contributed by atoms with Gasteiger partial charge in [-0.3, -0.25) is 0 Å². The zero-order valence-corrected chi connectivity index (χ0v) is 11.3. The van der Waals surface area contributed by atoms with E-state index >= 15 is 0 Å². The molecule has 0 bridgehead atoms. The highest BCUT2D eigenvalue weighted by molar-refractivity contribution is 7.78. The third-order valence-corrected chi connectivity index (χ3v) is 3.06. The van der Waals surface area contributed by atoms with Crippen molar-refractivity contribution >= 4 is 28.5 Å². The summed E-state index contributed by atoms with van der Waals surface area (Å²) in [4.78, 5) is 12.1. The van der Waals surface area contributed by atoms with Crippen LogP contribution < -0.4 is 0 Å². The van der Waals surface area contributed by atoms with Crippen LogP contribution in [0.2, 0.25) is 0 Å². The molecule has 0 saturated heterocycles. The van der Waals surface area contributed by atoms with Gasteiger partial charge < -0.3 is 0 Å². The summed E-state index contributed by atoms with van der Waals surface area (Å²) in [5.41, 5.74) is 3.59. The Bertz CT molecular complexity index is 790. The van der Waals surface area contributed by atoms with E-state index < -0.39 is 0 Å². The van der Waals surface area contributed by atoms with Crippen molar-refractivity contribution < 1.29 is 0 Å². The van der Waals surface area contributed by atoms with Crippen molar-refractivity contribution in [1.82, 2.24) is 25.0 Å². The van der Waals surface area contributed by atoms with Gasteiger partial charge in [-0.05, 0) is 23.3 Å². The number of fused-ring (bicyclic) bond motifs is 1. The van der Waals surface area contributed by atoms with Gasteiger partial charge in [0, 0.05) is 0 Å². The highest BCUT2D eigenvalue weighted by Gasteiger charge is 2.08. The molecule has 0 aliphatic heterocycles. The van der Waals surface area contributed by atoms with Crippen molar-refractivity contribution in [3.05, 3.63) is 47.9 Å². The second-order valence-corrected chi connectivity index (χ2v) is 4.34. The number of rotatable bonds is 4. The summed E-state index contributed by atoms with van der Waals surface area (Å²) in [7, 11) is 0. The van der Waals surface area contributed by atoms with E-state index in [0.29, 0.717) is 24.3 Å².